The quantitative estimate of drug-likeness (QED) is 0.650. The number of imidazole rings is 2. The van der Waals surface area contributed by atoms with E-state index in [1.807, 2.05) is 12.1 Å². The highest BCUT2D eigenvalue weighted by Gasteiger charge is 2.12. The smallest absolute Gasteiger partial charge is 0.168 e. The predicted molar refractivity (Wildman–Crippen MR) is 93.1 cm³/mol. The molecule has 0 N–H and O–H groups in total. The third-order valence-corrected chi connectivity index (χ3v) is 5.05. The van der Waals surface area contributed by atoms with Gasteiger partial charge in [-0.1, -0.05) is 17.8 Å². The first kappa shape index (κ1) is 16.1. The Morgan fingerprint density at radius 2 is 2.00 bits per heavy atom. The number of aryl methyl sites for hydroxylation is 2. The molecule has 0 spiro atoms. The first-order valence-electron chi connectivity index (χ1n) is 7.69. The summed E-state index contributed by atoms with van der Waals surface area (Å²) >= 11 is 1.73. The summed E-state index contributed by atoms with van der Waals surface area (Å²) in [6, 6.07) is 6.17. The minimum Gasteiger partial charge on any atom is -0.383 e. The molecule has 0 saturated carbocycles. The standard InChI is InChI=1S/C17H22N4OS/c1-12-6-5-7-16-19-15(10-21(12)16)11-23-17-18-13(2)14(3)20(17)8-9-22-4/h5-7,10H,8-9,11H2,1-4H3. The van der Waals surface area contributed by atoms with Gasteiger partial charge in [0.1, 0.15) is 5.65 Å². The molecule has 6 heteroatoms. The Labute approximate surface area is 140 Å². The van der Waals surface area contributed by atoms with Crippen LogP contribution in [0.15, 0.2) is 29.6 Å². The lowest BCUT2D eigenvalue weighted by molar-refractivity contribution is 0.184. The molecular weight excluding hydrogens is 308 g/mol. The highest BCUT2D eigenvalue weighted by Crippen LogP contribution is 2.25. The Morgan fingerprint density at radius 1 is 1.17 bits per heavy atom. The molecule has 122 valence electrons. The molecule has 0 atom stereocenters. The Bertz CT molecular complexity index is 821. The van der Waals surface area contributed by atoms with Crippen LogP contribution in [0.4, 0.5) is 0 Å². The second-order valence-corrected chi connectivity index (χ2v) is 6.57. The second kappa shape index (κ2) is 6.76. The average molecular weight is 330 g/mol. The van der Waals surface area contributed by atoms with Crippen molar-refractivity contribution in [3.8, 4) is 0 Å². The van der Waals surface area contributed by atoms with Crippen LogP contribution in [-0.4, -0.2) is 32.7 Å². The fourth-order valence-corrected chi connectivity index (χ4v) is 3.59. The van der Waals surface area contributed by atoms with Crippen molar-refractivity contribution in [2.24, 2.45) is 0 Å². The van der Waals surface area contributed by atoms with Gasteiger partial charge in [0.15, 0.2) is 5.16 Å². The largest absolute Gasteiger partial charge is 0.383 e. The Kier molecular flexibility index (Phi) is 4.73. The van der Waals surface area contributed by atoms with Gasteiger partial charge < -0.3 is 13.7 Å². The maximum Gasteiger partial charge on any atom is 0.168 e. The molecule has 3 heterocycles. The van der Waals surface area contributed by atoms with Crippen LogP contribution in [0.25, 0.3) is 5.65 Å². The number of nitrogens with zero attached hydrogens (tertiary/aromatic N) is 4. The lowest BCUT2D eigenvalue weighted by Crippen LogP contribution is -2.07. The number of pyridine rings is 1. The zero-order valence-corrected chi connectivity index (χ0v) is 14.9. The predicted octanol–water partition coefficient (Wildman–Crippen LogP) is 3.39. The summed E-state index contributed by atoms with van der Waals surface area (Å²) in [5.41, 5.74) is 5.54. The number of aromatic nitrogens is 4. The summed E-state index contributed by atoms with van der Waals surface area (Å²) < 4.78 is 9.56. The van der Waals surface area contributed by atoms with Gasteiger partial charge >= 0.3 is 0 Å². The number of hydrogen-bond donors (Lipinski definition) is 0. The molecule has 0 fully saturated rings. The van der Waals surface area contributed by atoms with Crippen molar-refractivity contribution in [2.75, 3.05) is 13.7 Å². The van der Waals surface area contributed by atoms with Crippen LogP contribution >= 0.6 is 11.8 Å². The van der Waals surface area contributed by atoms with Crippen molar-refractivity contribution in [3.63, 3.8) is 0 Å². The molecule has 0 aliphatic carbocycles. The summed E-state index contributed by atoms with van der Waals surface area (Å²) in [5, 5.41) is 1.03. The lowest BCUT2D eigenvalue weighted by Gasteiger charge is -2.08. The highest BCUT2D eigenvalue weighted by atomic mass is 32.2. The number of rotatable bonds is 6. The average Bonchev–Trinajstić information content (AvgIpc) is 3.07. The topological polar surface area (TPSA) is 44.4 Å². The van der Waals surface area contributed by atoms with E-state index in [2.05, 4.69) is 47.0 Å². The maximum atomic E-state index is 5.21. The molecule has 0 saturated heterocycles. The summed E-state index contributed by atoms with van der Waals surface area (Å²) in [7, 11) is 1.73. The Morgan fingerprint density at radius 3 is 2.74 bits per heavy atom. The highest BCUT2D eigenvalue weighted by molar-refractivity contribution is 7.98. The van der Waals surface area contributed by atoms with Crippen molar-refractivity contribution >= 4 is 17.4 Å². The minimum atomic E-state index is 0.692. The lowest BCUT2D eigenvalue weighted by atomic mass is 10.4. The van der Waals surface area contributed by atoms with E-state index in [1.165, 1.54) is 11.4 Å². The number of hydrogen-bond acceptors (Lipinski definition) is 4. The van der Waals surface area contributed by atoms with Crippen LogP contribution < -0.4 is 0 Å². The molecule has 0 aliphatic heterocycles. The molecule has 0 radical (unpaired) electrons. The van der Waals surface area contributed by atoms with Crippen LogP contribution in [0, 0.1) is 20.8 Å². The van der Waals surface area contributed by atoms with E-state index in [4.69, 9.17) is 9.72 Å². The molecule has 3 aromatic rings. The minimum absolute atomic E-state index is 0.692. The summed E-state index contributed by atoms with van der Waals surface area (Å²) in [6.45, 7) is 7.77. The zero-order valence-electron chi connectivity index (χ0n) is 14.0. The van der Waals surface area contributed by atoms with Gasteiger partial charge in [-0.05, 0) is 32.9 Å². The van der Waals surface area contributed by atoms with Gasteiger partial charge in [0.25, 0.3) is 0 Å². The first-order valence-corrected chi connectivity index (χ1v) is 8.67. The van der Waals surface area contributed by atoms with Crippen LogP contribution in [0.5, 0.6) is 0 Å². The molecular formula is C17H22N4OS. The van der Waals surface area contributed by atoms with Crippen molar-refractivity contribution in [1.29, 1.82) is 0 Å². The van der Waals surface area contributed by atoms with E-state index < -0.39 is 0 Å². The number of fused-ring (bicyclic) bond motifs is 1. The van der Waals surface area contributed by atoms with Crippen molar-refractivity contribution in [3.05, 3.63) is 47.2 Å². The number of methoxy groups -OCH3 is 1. The molecule has 0 aliphatic rings. The van der Waals surface area contributed by atoms with Crippen LogP contribution in [0.2, 0.25) is 0 Å². The van der Waals surface area contributed by atoms with Crippen molar-refractivity contribution < 1.29 is 4.74 Å². The zero-order chi connectivity index (χ0) is 16.4. The van der Waals surface area contributed by atoms with E-state index >= 15 is 0 Å². The molecule has 0 amide bonds. The monoisotopic (exact) mass is 330 g/mol. The van der Waals surface area contributed by atoms with E-state index in [1.54, 1.807) is 18.9 Å². The maximum absolute atomic E-state index is 5.21. The summed E-state index contributed by atoms with van der Waals surface area (Å²) in [4.78, 5) is 9.38. The molecule has 0 unspecified atom stereocenters. The van der Waals surface area contributed by atoms with E-state index in [-0.39, 0.29) is 0 Å². The van der Waals surface area contributed by atoms with Crippen LogP contribution in [0.1, 0.15) is 22.8 Å². The molecule has 0 aromatic carbocycles. The summed E-state index contributed by atoms with van der Waals surface area (Å²) in [5.74, 6) is 0.810. The van der Waals surface area contributed by atoms with E-state index in [0.29, 0.717) is 6.61 Å². The number of thioether (sulfide) groups is 1. The van der Waals surface area contributed by atoms with Gasteiger partial charge in [-0.2, -0.15) is 0 Å². The van der Waals surface area contributed by atoms with E-state index in [0.717, 1.165) is 34.5 Å². The fourth-order valence-electron chi connectivity index (χ4n) is 2.59. The normalized spacial score (nSPS) is 11.5. The SMILES string of the molecule is COCCn1c(SCc2cn3c(C)cccc3n2)nc(C)c1C. The van der Waals surface area contributed by atoms with E-state index in [9.17, 15) is 0 Å². The second-order valence-electron chi connectivity index (χ2n) is 5.63. The van der Waals surface area contributed by atoms with Gasteiger partial charge in [-0.25, -0.2) is 9.97 Å². The molecule has 23 heavy (non-hydrogen) atoms. The molecule has 0 bridgehead atoms. The Hall–Kier alpha value is -1.79. The van der Waals surface area contributed by atoms with Gasteiger partial charge in [-0.15, -0.1) is 0 Å². The van der Waals surface area contributed by atoms with Gasteiger partial charge in [-0.3, -0.25) is 0 Å². The van der Waals surface area contributed by atoms with Crippen LogP contribution in [-0.2, 0) is 17.0 Å². The molecule has 3 aromatic heterocycles. The first-order chi connectivity index (χ1) is 11.1. The third-order valence-electron chi connectivity index (χ3n) is 4.04. The van der Waals surface area contributed by atoms with Crippen LogP contribution in [0.3, 0.4) is 0 Å². The Balaban J connectivity index is 1.79. The third kappa shape index (κ3) is 3.28. The van der Waals surface area contributed by atoms with Gasteiger partial charge in [0.2, 0.25) is 0 Å². The van der Waals surface area contributed by atoms with Crippen molar-refractivity contribution in [2.45, 2.75) is 38.2 Å². The van der Waals surface area contributed by atoms with Crippen molar-refractivity contribution in [1.82, 2.24) is 18.9 Å². The van der Waals surface area contributed by atoms with Gasteiger partial charge in [0, 0.05) is 37.0 Å². The van der Waals surface area contributed by atoms with Gasteiger partial charge in [0.05, 0.1) is 18.0 Å². The number of ether oxygens (including phenoxy) is 1. The fraction of sp³-hybridized carbons (Fsp3) is 0.412. The molecule has 5 nitrogen and oxygen atoms in total. The molecule has 3 rings (SSSR count). The summed E-state index contributed by atoms with van der Waals surface area (Å²) in [6.07, 6.45) is 2.11.